The molecule has 1 atom stereocenters. The second kappa shape index (κ2) is 8.30. The van der Waals surface area contributed by atoms with Crippen molar-refractivity contribution in [3.63, 3.8) is 0 Å². The third-order valence-electron chi connectivity index (χ3n) is 4.55. The molecule has 0 aliphatic heterocycles. The Morgan fingerprint density at radius 3 is 2.50 bits per heavy atom. The van der Waals surface area contributed by atoms with Crippen molar-refractivity contribution < 1.29 is 9.72 Å². The van der Waals surface area contributed by atoms with Gasteiger partial charge in [0.1, 0.15) is 12.0 Å². The van der Waals surface area contributed by atoms with Gasteiger partial charge in [-0.1, -0.05) is 30.3 Å². The average molecular weight is 376 g/mol. The summed E-state index contributed by atoms with van der Waals surface area (Å²) in [5.74, 6) is 0.451. The highest BCUT2D eigenvalue weighted by molar-refractivity contribution is 6.04. The number of benzene rings is 2. The molecule has 2 aromatic carbocycles. The van der Waals surface area contributed by atoms with Crippen molar-refractivity contribution in [1.29, 1.82) is 0 Å². The van der Waals surface area contributed by atoms with Gasteiger partial charge >= 0.3 is 0 Å². The molecule has 28 heavy (non-hydrogen) atoms. The number of amides is 1. The smallest absolute Gasteiger partial charge is 0.287 e. The van der Waals surface area contributed by atoms with Crippen molar-refractivity contribution in [2.75, 3.05) is 17.3 Å². The topological polar surface area (TPSA) is 88.4 Å². The summed E-state index contributed by atoms with van der Waals surface area (Å²) < 4.78 is 0. The summed E-state index contributed by atoms with van der Waals surface area (Å²) in [5.41, 5.74) is 2.22. The maximum absolute atomic E-state index is 12.4. The van der Waals surface area contributed by atoms with Crippen LogP contribution >= 0.6 is 0 Å². The Balaban J connectivity index is 1.75. The number of nitro groups is 1. The molecule has 1 aromatic heterocycles. The van der Waals surface area contributed by atoms with Gasteiger partial charge in [0.15, 0.2) is 0 Å². The van der Waals surface area contributed by atoms with Crippen molar-refractivity contribution in [3.8, 4) is 0 Å². The molecule has 1 unspecified atom stereocenters. The first-order valence-corrected chi connectivity index (χ1v) is 8.75. The Kier molecular flexibility index (Phi) is 5.64. The number of carbonyl (C=O) groups is 1. The van der Waals surface area contributed by atoms with Gasteiger partial charge in [-0.05, 0) is 42.8 Å². The van der Waals surface area contributed by atoms with E-state index in [0.29, 0.717) is 17.1 Å². The molecule has 0 aliphatic rings. The lowest BCUT2D eigenvalue weighted by Gasteiger charge is -2.26. The van der Waals surface area contributed by atoms with Crippen LogP contribution in [0.5, 0.6) is 0 Å². The average Bonchev–Trinajstić information content (AvgIpc) is 2.73. The molecule has 0 saturated heterocycles. The minimum atomic E-state index is -0.473. The van der Waals surface area contributed by atoms with Crippen molar-refractivity contribution in [2.24, 2.45) is 0 Å². The first-order chi connectivity index (χ1) is 13.5. The molecule has 1 heterocycles. The first-order valence-electron chi connectivity index (χ1n) is 8.75. The Hall–Kier alpha value is -3.74. The van der Waals surface area contributed by atoms with Crippen molar-refractivity contribution in [2.45, 2.75) is 13.0 Å². The van der Waals surface area contributed by atoms with Gasteiger partial charge in [-0.15, -0.1) is 0 Å². The van der Waals surface area contributed by atoms with Crippen LogP contribution in [0, 0.1) is 10.1 Å². The summed E-state index contributed by atoms with van der Waals surface area (Å²) in [4.78, 5) is 28.8. The third kappa shape index (κ3) is 4.32. The molecule has 3 rings (SSSR count). The summed E-state index contributed by atoms with van der Waals surface area (Å²) in [5, 5.41) is 13.7. The fourth-order valence-electron chi connectivity index (χ4n) is 2.79. The van der Waals surface area contributed by atoms with Crippen LogP contribution in [-0.2, 0) is 0 Å². The second-order valence-corrected chi connectivity index (χ2v) is 6.36. The number of nitrogens with one attached hydrogen (secondary N) is 1. The molecule has 7 heteroatoms. The lowest BCUT2D eigenvalue weighted by atomic mass is 10.1. The molecule has 142 valence electrons. The minimum absolute atomic E-state index is 0.0459. The van der Waals surface area contributed by atoms with E-state index >= 15 is 0 Å². The predicted molar refractivity (Wildman–Crippen MR) is 109 cm³/mol. The van der Waals surface area contributed by atoms with Crippen LogP contribution in [0.1, 0.15) is 28.9 Å². The van der Waals surface area contributed by atoms with Gasteiger partial charge in [0.05, 0.1) is 11.0 Å². The number of hydrogen-bond acceptors (Lipinski definition) is 5. The van der Waals surface area contributed by atoms with Gasteiger partial charge in [0, 0.05) is 24.4 Å². The molecule has 0 saturated carbocycles. The molecule has 0 radical (unpaired) electrons. The van der Waals surface area contributed by atoms with Crippen LogP contribution in [0.15, 0.2) is 72.9 Å². The van der Waals surface area contributed by atoms with Crippen molar-refractivity contribution in [3.05, 3.63) is 94.2 Å². The summed E-state index contributed by atoms with van der Waals surface area (Å²) in [6.45, 7) is 2.00. The van der Waals surface area contributed by atoms with Crippen LogP contribution in [0.4, 0.5) is 17.2 Å². The van der Waals surface area contributed by atoms with E-state index in [2.05, 4.69) is 10.3 Å². The highest BCUT2D eigenvalue weighted by atomic mass is 16.6. The van der Waals surface area contributed by atoms with Crippen LogP contribution in [-0.4, -0.2) is 22.9 Å². The summed E-state index contributed by atoms with van der Waals surface area (Å²) in [6.07, 6.45) is 1.25. The van der Waals surface area contributed by atoms with Crippen LogP contribution < -0.4 is 10.2 Å². The third-order valence-corrected chi connectivity index (χ3v) is 4.55. The van der Waals surface area contributed by atoms with E-state index in [1.54, 1.807) is 18.2 Å². The van der Waals surface area contributed by atoms with Crippen molar-refractivity contribution in [1.82, 2.24) is 4.98 Å². The van der Waals surface area contributed by atoms with E-state index in [9.17, 15) is 14.9 Å². The molecule has 0 spiro atoms. The first kappa shape index (κ1) is 19.0. The fourth-order valence-corrected chi connectivity index (χ4v) is 2.79. The quantitative estimate of drug-likeness (QED) is 0.507. The zero-order valence-electron chi connectivity index (χ0n) is 15.6. The molecule has 3 aromatic rings. The van der Waals surface area contributed by atoms with Gasteiger partial charge in [0.2, 0.25) is 0 Å². The van der Waals surface area contributed by atoms with Gasteiger partial charge in [0.25, 0.3) is 11.6 Å². The zero-order chi connectivity index (χ0) is 20.1. The van der Waals surface area contributed by atoms with Gasteiger partial charge in [-0.25, -0.2) is 4.98 Å². The Bertz CT molecular complexity index is 974. The Labute approximate surface area is 162 Å². The number of anilines is 2. The molecule has 0 fully saturated rings. The second-order valence-electron chi connectivity index (χ2n) is 6.36. The standard InChI is InChI=1S/C21H20N4O3/c1-15(24(2)20-12-11-19(14-22-20)25(27)28)17-9-6-10-18(13-17)23-21(26)16-7-4-3-5-8-16/h3-15H,1-2H3,(H,23,26). The maximum Gasteiger partial charge on any atom is 0.287 e. The van der Waals surface area contributed by atoms with Gasteiger partial charge < -0.3 is 10.2 Å². The van der Waals surface area contributed by atoms with E-state index in [0.717, 1.165) is 5.56 Å². The van der Waals surface area contributed by atoms with E-state index in [4.69, 9.17) is 0 Å². The largest absolute Gasteiger partial charge is 0.353 e. The molecule has 1 amide bonds. The summed E-state index contributed by atoms with van der Waals surface area (Å²) in [6, 6.07) is 19.6. The van der Waals surface area contributed by atoms with E-state index in [-0.39, 0.29) is 17.6 Å². The van der Waals surface area contributed by atoms with Crippen LogP contribution in [0.2, 0.25) is 0 Å². The number of carbonyl (C=O) groups excluding carboxylic acids is 1. The Morgan fingerprint density at radius 1 is 1.11 bits per heavy atom. The number of aromatic nitrogens is 1. The normalized spacial score (nSPS) is 11.5. The minimum Gasteiger partial charge on any atom is -0.353 e. The summed E-state index contributed by atoms with van der Waals surface area (Å²) >= 11 is 0. The van der Waals surface area contributed by atoms with Crippen LogP contribution in [0.25, 0.3) is 0 Å². The van der Waals surface area contributed by atoms with Gasteiger partial charge in [-0.3, -0.25) is 14.9 Å². The maximum atomic E-state index is 12.4. The van der Waals surface area contributed by atoms with E-state index in [1.165, 1.54) is 12.3 Å². The molecular weight excluding hydrogens is 356 g/mol. The number of nitrogens with zero attached hydrogens (tertiary/aromatic N) is 3. The van der Waals surface area contributed by atoms with Gasteiger partial charge in [-0.2, -0.15) is 0 Å². The fraction of sp³-hybridized carbons (Fsp3) is 0.143. The van der Waals surface area contributed by atoms with Crippen molar-refractivity contribution >= 4 is 23.1 Å². The SMILES string of the molecule is CC(c1cccc(NC(=O)c2ccccc2)c1)N(C)c1ccc([N+](=O)[O-])cn1. The lowest BCUT2D eigenvalue weighted by Crippen LogP contribution is -2.22. The number of hydrogen-bond donors (Lipinski definition) is 1. The highest BCUT2D eigenvalue weighted by Crippen LogP contribution is 2.26. The molecule has 7 nitrogen and oxygen atoms in total. The van der Waals surface area contributed by atoms with E-state index < -0.39 is 4.92 Å². The van der Waals surface area contributed by atoms with Crippen LogP contribution in [0.3, 0.4) is 0 Å². The monoisotopic (exact) mass is 376 g/mol. The number of pyridine rings is 1. The lowest BCUT2D eigenvalue weighted by molar-refractivity contribution is -0.385. The Morgan fingerprint density at radius 2 is 1.86 bits per heavy atom. The molecule has 1 N–H and O–H groups in total. The summed E-state index contributed by atoms with van der Waals surface area (Å²) in [7, 11) is 1.87. The molecular formula is C21H20N4O3. The predicted octanol–water partition coefficient (Wildman–Crippen LogP) is 4.44. The van der Waals surface area contributed by atoms with E-state index in [1.807, 2.05) is 61.3 Å². The number of rotatable bonds is 6. The highest BCUT2D eigenvalue weighted by Gasteiger charge is 2.16. The molecule has 0 bridgehead atoms. The zero-order valence-corrected chi connectivity index (χ0v) is 15.6. The molecule has 0 aliphatic carbocycles.